The molecule has 12 heteroatoms. The van der Waals surface area contributed by atoms with Crippen LogP contribution in [0.1, 0.15) is 30.5 Å². The number of hydrogen-bond donors (Lipinski definition) is 3. The molecule has 4 rings (SSSR count). The summed E-state index contributed by atoms with van der Waals surface area (Å²) in [6, 6.07) is 18.4. The average molecular weight is 583 g/mol. The molecule has 214 valence electrons. The van der Waals surface area contributed by atoms with Crippen LogP contribution in [0.15, 0.2) is 73.1 Å². The summed E-state index contributed by atoms with van der Waals surface area (Å²) in [7, 11) is 0. The fourth-order valence-electron chi connectivity index (χ4n) is 4.22. The molecule has 0 saturated heterocycles. The van der Waals surface area contributed by atoms with Crippen LogP contribution in [0.4, 0.5) is 23.7 Å². The van der Waals surface area contributed by atoms with Gasteiger partial charge < -0.3 is 15.4 Å². The maximum absolute atomic E-state index is 12.5. The second-order valence-corrected chi connectivity index (χ2v) is 9.78. The van der Waals surface area contributed by atoms with Crippen LogP contribution in [0, 0.1) is 6.92 Å². The SMILES string of the molecule is CCc1cccc(C)c1NC(=S)NC(=O)NC(C)Cc1ccc(-c2ncn(-c3ccc(OC(F)(F)F)cc3)n2)cc1. The van der Waals surface area contributed by atoms with Gasteiger partial charge in [-0.25, -0.2) is 14.5 Å². The van der Waals surface area contributed by atoms with Crippen molar-refractivity contribution in [3.8, 4) is 22.8 Å². The average Bonchev–Trinajstić information content (AvgIpc) is 3.40. The second kappa shape index (κ2) is 12.8. The van der Waals surface area contributed by atoms with Gasteiger partial charge in [-0.2, -0.15) is 0 Å². The number of hydrogen-bond acceptors (Lipinski definition) is 5. The Morgan fingerprint density at radius 2 is 1.78 bits per heavy atom. The van der Waals surface area contributed by atoms with Crippen molar-refractivity contribution in [2.24, 2.45) is 0 Å². The molecule has 3 aromatic carbocycles. The molecule has 2 amide bonds. The summed E-state index contributed by atoms with van der Waals surface area (Å²) in [6.45, 7) is 5.94. The highest BCUT2D eigenvalue weighted by Crippen LogP contribution is 2.24. The molecule has 0 spiro atoms. The van der Waals surface area contributed by atoms with Crippen LogP contribution in [0.3, 0.4) is 0 Å². The number of thiocarbonyl (C=S) groups is 1. The van der Waals surface area contributed by atoms with E-state index in [2.05, 4.69) is 37.7 Å². The summed E-state index contributed by atoms with van der Waals surface area (Å²) in [5, 5.41) is 13.3. The molecule has 8 nitrogen and oxygen atoms in total. The van der Waals surface area contributed by atoms with Crippen molar-refractivity contribution in [2.75, 3.05) is 5.32 Å². The molecule has 1 aromatic heterocycles. The van der Waals surface area contributed by atoms with Crippen LogP contribution in [0.2, 0.25) is 0 Å². The Morgan fingerprint density at radius 3 is 2.44 bits per heavy atom. The van der Waals surface area contributed by atoms with E-state index >= 15 is 0 Å². The molecule has 0 aliphatic rings. The van der Waals surface area contributed by atoms with Gasteiger partial charge in [-0.05, 0) is 79.9 Å². The summed E-state index contributed by atoms with van der Waals surface area (Å²) in [5.41, 5.74) is 5.35. The molecule has 1 unspecified atom stereocenters. The molecule has 0 bridgehead atoms. The third-order valence-corrected chi connectivity index (χ3v) is 6.37. The first kappa shape index (κ1) is 29.5. The van der Waals surface area contributed by atoms with E-state index in [4.69, 9.17) is 12.2 Å². The fourth-order valence-corrected chi connectivity index (χ4v) is 4.42. The lowest BCUT2D eigenvalue weighted by Crippen LogP contribution is -2.45. The number of aromatic nitrogens is 3. The zero-order valence-corrected chi connectivity index (χ0v) is 23.4. The summed E-state index contributed by atoms with van der Waals surface area (Å²) >= 11 is 5.34. The number of urea groups is 1. The Hall–Kier alpha value is -4.45. The van der Waals surface area contributed by atoms with Gasteiger partial charge in [-0.3, -0.25) is 5.32 Å². The number of anilines is 1. The van der Waals surface area contributed by atoms with Gasteiger partial charge in [0.2, 0.25) is 0 Å². The van der Waals surface area contributed by atoms with Crippen LogP contribution in [0.5, 0.6) is 5.75 Å². The number of carbonyl (C=O) groups excluding carboxylic acids is 1. The largest absolute Gasteiger partial charge is 0.573 e. The number of para-hydroxylation sites is 1. The Bertz CT molecular complexity index is 1500. The van der Waals surface area contributed by atoms with Crippen molar-refractivity contribution in [1.82, 2.24) is 25.4 Å². The lowest BCUT2D eigenvalue weighted by Gasteiger charge is -2.18. The van der Waals surface area contributed by atoms with E-state index < -0.39 is 12.4 Å². The highest BCUT2D eigenvalue weighted by molar-refractivity contribution is 7.80. The molecule has 0 fully saturated rings. The number of rotatable bonds is 8. The lowest BCUT2D eigenvalue weighted by atomic mass is 10.0. The zero-order valence-electron chi connectivity index (χ0n) is 22.6. The minimum absolute atomic E-state index is 0.171. The van der Waals surface area contributed by atoms with E-state index in [1.54, 1.807) is 0 Å². The number of amides is 2. The first-order valence-corrected chi connectivity index (χ1v) is 13.3. The minimum Gasteiger partial charge on any atom is -0.406 e. The van der Waals surface area contributed by atoms with Gasteiger partial charge in [0.25, 0.3) is 0 Å². The van der Waals surface area contributed by atoms with Gasteiger partial charge in [0.05, 0.1) is 5.69 Å². The molecular formula is C29H29F3N6O2S. The number of halogens is 3. The Balaban J connectivity index is 1.29. The molecule has 1 atom stereocenters. The number of benzene rings is 3. The molecule has 0 aliphatic carbocycles. The van der Waals surface area contributed by atoms with E-state index in [0.29, 0.717) is 17.9 Å². The van der Waals surface area contributed by atoms with Crippen LogP contribution in [-0.4, -0.2) is 38.3 Å². The fraction of sp³-hybridized carbons (Fsp3) is 0.241. The number of ether oxygens (including phenoxy) is 1. The first-order valence-electron chi connectivity index (χ1n) is 12.8. The molecule has 3 N–H and O–H groups in total. The molecule has 41 heavy (non-hydrogen) atoms. The van der Waals surface area contributed by atoms with E-state index in [-0.39, 0.29) is 16.9 Å². The van der Waals surface area contributed by atoms with Crippen LogP contribution < -0.4 is 20.7 Å². The van der Waals surface area contributed by atoms with Gasteiger partial charge in [0.15, 0.2) is 10.9 Å². The Kier molecular flexibility index (Phi) is 9.23. The van der Waals surface area contributed by atoms with Crippen LogP contribution in [-0.2, 0) is 12.8 Å². The summed E-state index contributed by atoms with van der Waals surface area (Å²) in [6.07, 6.45) is -1.85. The maximum atomic E-state index is 12.5. The number of carbonyl (C=O) groups is 1. The first-order chi connectivity index (χ1) is 19.5. The van der Waals surface area contributed by atoms with E-state index in [0.717, 1.165) is 34.4 Å². The maximum Gasteiger partial charge on any atom is 0.573 e. The van der Waals surface area contributed by atoms with E-state index in [1.807, 2.05) is 56.3 Å². The van der Waals surface area contributed by atoms with Crippen molar-refractivity contribution in [3.63, 3.8) is 0 Å². The van der Waals surface area contributed by atoms with Gasteiger partial charge in [0, 0.05) is 17.3 Å². The monoisotopic (exact) mass is 582 g/mol. The summed E-state index contributed by atoms with van der Waals surface area (Å²) < 4.78 is 42.5. The second-order valence-electron chi connectivity index (χ2n) is 9.37. The van der Waals surface area contributed by atoms with Crippen molar-refractivity contribution in [1.29, 1.82) is 0 Å². The predicted molar refractivity (Wildman–Crippen MR) is 155 cm³/mol. The highest BCUT2D eigenvalue weighted by atomic mass is 32.1. The molecule has 0 aliphatic heterocycles. The standard InChI is InChI=1S/C29H29F3N6O2S/c1-4-21-7-5-6-18(2)25(21)35-28(41)36-27(39)34-19(3)16-20-8-10-22(11-9-20)26-33-17-38(37-26)23-12-14-24(15-13-23)40-29(30,31)32/h5-15,17,19H,4,16H2,1-3H3,(H3,34,35,36,39,41). The van der Waals surface area contributed by atoms with Gasteiger partial charge in [0.1, 0.15) is 12.1 Å². The van der Waals surface area contributed by atoms with Crippen molar-refractivity contribution >= 4 is 29.0 Å². The number of nitrogens with zero attached hydrogens (tertiary/aromatic N) is 3. The van der Waals surface area contributed by atoms with Gasteiger partial charge in [-0.1, -0.05) is 49.4 Å². The summed E-state index contributed by atoms with van der Waals surface area (Å²) in [5.74, 6) is 0.143. The smallest absolute Gasteiger partial charge is 0.406 e. The Labute approximate surface area is 240 Å². The Morgan fingerprint density at radius 1 is 1.07 bits per heavy atom. The van der Waals surface area contributed by atoms with Crippen molar-refractivity contribution in [2.45, 2.75) is 46.0 Å². The van der Waals surface area contributed by atoms with E-state index in [1.165, 1.54) is 35.3 Å². The molecule has 1 heterocycles. The third-order valence-electron chi connectivity index (χ3n) is 6.16. The molecule has 0 saturated carbocycles. The van der Waals surface area contributed by atoms with Gasteiger partial charge in [-0.15, -0.1) is 18.3 Å². The van der Waals surface area contributed by atoms with E-state index in [9.17, 15) is 18.0 Å². The predicted octanol–water partition coefficient (Wildman–Crippen LogP) is 6.33. The van der Waals surface area contributed by atoms with Gasteiger partial charge >= 0.3 is 12.4 Å². The topological polar surface area (TPSA) is 93.1 Å². The number of nitrogens with one attached hydrogen (secondary N) is 3. The normalized spacial score (nSPS) is 12.0. The highest BCUT2D eigenvalue weighted by Gasteiger charge is 2.31. The lowest BCUT2D eigenvalue weighted by molar-refractivity contribution is -0.274. The zero-order chi connectivity index (χ0) is 29.6. The molecule has 4 aromatic rings. The van der Waals surface area contributed by atoms with Crippen molar-refractivity contribution < 1.29 is 22.7 Å². The minimum atomic E-state index is -4.75. The molecule has 0 radical (unpaired) electrons. The quantitative estimate of drug-likeness (QED) is 0.210. The third kappa shape index (κ3) is 8.27. The number of alkyl halides is 3. The van der Waals surface area contributed by atoms with Crippen LogP contribution >= 0.6 is 12.2 Å². The summed E-state index contributed by atoms with van der Waals surface area (Å²) in [4.78, 5) is 16.8. The molecular weight excluding hydrogens is 553 g/mol. The van der Waals surface area contributed by atoms with Crippen LogP contribution in [0.25, 0.3) is 17.1 Å². The van der Waals surface area contributed by atoms with Crippen molar-refractivity contribution in [3.05, 3.63) is 89.7 Å². The number of aryl methyl sites for hydroxylation is 2.